The van der Waals surface area contributed by atoms with Gasteiger partial charge < -0.3 is 5.32 Å². The molecule has 1 heterocycles. The van der Waals surface area contributed by atoms with Gasteiger partial charge in [0.2, 0.25) is 11.8 Å². The third-order valence-electron chi connectivity index (χ3n) is 2.67. The normalized spacial score (nSPS) is 19.1. The molecule has 1 rings (SSSR count). The van der Waals surface area contributed by atoms with Crippen molar-refractivity contribution in [2.24, 2.45) is 0 Å². The van der Waals surface area contributed by atoms with E-state index >= 15 is 0 Å². The van der Waals surface area contributed by atoms with Gasteiger partial charge in [-0.1, -0.05) is 0 Å². The summed E-state index contributed by atoms with van der Waals surface area (Å²) >= 11 is 0. The number of nitrogens with one attached hydrogen (secondary N) is 1. The van der Waals surface area contributed by atoms with Crippen LogP contribution < -0.4 is 5.32 Å². The Morgan fingerprint density at radius 3 is 2.43 bits per heavy atom. The Morgan fingerprint density at radius 1 is 1.36 bits per heavy atom. The number of imide groups is 1. The smallest absolute Gasteiger partial charge is 0.229 e. The predicted octanol–water partition coefficient (Wildman–Crippen LogP) is 0.523. The van der Waals surface area contributed by atoms with Crippen molar-refractivity contribution in [2.45, 2.75) is 38.6 Å². The highest BCUT2D eigenvalue weighted by atomic mass is 16.2. The molecule has 0 aromatic carbocycles. The molecular weight excluding hydrogens is 180 g/mol. The summed E-state index contributed by atoms with van der Waals surface area (Å²) in [7, 11) is 1.91. The van der Waals surface area contributed by atoms with Gasteiger partial charge in [-0.2, -0.15) is 0 Å². The summed E-state index contributed by atoms with van der Waals surface area (Å²) in [6.07, 6.45) is 2.69. The van der Waals surface area contributed by atoms with Gasteiger partial charge >= 0.3 is 0 Å². The zero-order chi connectivity index (χ0) is 10.6. The van der Waals surface area contributed by atoms with Gasteiger partial charge in [0.05, 0.1) is 0 Å². The Morgan fingerprint density at radius 2 is 1.93 bits per heavy atom. The first-order chi connectivity index (χ1) is 6.65. The number of carbonyl (C=O) groups excluding carboxylic acids is 2. The monoisotopic (exact) mass is 198 g/mol. The second-order valence-electron chi connectivity index (χ2n) is 3.77. The van der Waals surface area contributed by atoms with Crippen LogP contribution in [0.25, 0.3) is 0 Å². The number of carbonyl (C=O) groups is 2. The Bertz CT molecular complexity index is 212. The number of nitrogens with zero attached hydrogens (tertiary/aromatic N) is 1. The van der Waals surface area contributed by atoms with Gasteiger partial charge in [-0.15, -0.1) is 0 Å². The summed E-state index contributed by atoms with van der Waals surface area (Å²) in [4.78, 5) is 23.8. The van der Waals surface area contributed by atoms with Gasteiger partial charge in [-0.3, -0.25) is 14.5 Å². The van der Waals surface area contributed by atoms with Gasteiger partial charge in [0, 0.05) is 25.4 Å². The van der Waals surface area contributed by atoms with E-state index in [1.54, 1.807) is 0 Å². The number of hydrogen-bond acceptors (Lipinski definition) is 3. The molecule has 0 radical (unpaired) electrons. The number of likely N-dealkylation sites (tertiary alicyclic amines) is 1. The molecule has 1 fully saturated rings. The second kappa shape index (κ2) is 5.10. The minimum Gasteiger partial charge on any atom is -0.317 e. The molecule has 0 saturated carbocycles. The van der Waals surface area contributed by atoms with E-state index in [2.05, 4.69) is 12.2 Å². The first-order valence-corrected chi connectivity index (χ1v) is 5.15. The molecule has 1 unspecified atom stereocenters. The van der Waals surface area contributed by atoms with Crippen molar-refractivity contribution in [1.82, 2.24) is 10.2 Å². The molecule has 4 nitrogen and oxygen atoms in total. The average molecular weight is 198 g/mol. The maximum absolute atomic E-state index is 11.2. The summed E-state index contributed by atoms with van der Waals surface area (Å²) < 4.78 is 0. The summed E-state index contributed by atoms with van der Waals surface area (Å²) in [5, 5.41) is 3.12. The van der Waals surface area contributed by atoms with Crippen molar-refractivity contribution in [3.8, 4) is 0 Å². The van der Waals surface area contributed by atoms with Crippen LogP contribution in [0.15, 0.2) is 0 Å². The van der Waals surface area contributed by atoms with E-state index < -0.39 is 0 Å². The maximum Gasteiger partial charge on any atom is 0.229 e. The Balaban J connectivity index is 2.24. The number of hydrogen-bond donors (Lipinski definition) is 1. The van der Waals surface area contributed by atoms with E-state index in [1.165, 1.54) is 4.90 Å². The maximum atomic E-state index is 11.2. The van der Waals surface area contributed by atoms with Crippen LogP contribution in [0.1, 0.15) is 32.6 Å². The van der Waals surface area contributed by atoms with Crippen LogP contribution in [0.2, 0.25) is 0 Å². The molecule has 4 heteroatoms. The van der Waals surface area contributed by atoms with E-state index in [9.17, 15) is 9.59 Å². The molecule has 0 aromatic rings. The van der Waals surface area contributed by atoms with E-state index in [-0.39, 0.29) is 11.8 Å². The average Bonchev–Trinajstić information content (AvgIpc) is 2.48. The van der Waals surface area contributed by atoms with Gasteiger partial charge in [0.15, 0.2) is 0 Å². The fourth-order valence-corrected chi connectivity index (χ4v) is 1.57. The Labute approximate surface area is 84.7 Å². The first kappa shape index (κ1) is 11.2. The fourth-order valence-electron chi connectivity index (χ4n) is 1.57. The van der Waals surface area contributed by atoms with Crippen LogP contribution in [0.5, 0.6) is 0 Å². The van der Waals surface area contributed by atoms with Crippen LogP contribution >= 0.6 is 0 Å². The van der Waals surface area contributed by atoms with Crippen LogP contribution in [-0.4, -0.2) is 36.3 Å². The van der Waals surface area contributed by atoms with E-state index in [4.69, 9.17) is 0 Å². The SMILES string of the molecule is CNC(C)CCCN1C(=O)CCC1=O. The lowest BCUT2D eigenvalue weighted by molar-refractivity contribution is -0.138. The minimum atomic E-state index is -0.00730. The molecule has 1 atom stereocenters. The van der Waals surface area contributed by atoms with Crippen molar-refractivity contribution in [3.63, 3.8) is 0 Å². The Hall–Kier alpha value is -0.900. The fraction of sp³-hybridized carbons (Fsp3) is 0.800. The quantitative estimate of drug-likeness (QED) is 0.655. The zero-order valence-electron chi connectivity index (χ0n) is 8.88. The molecule has 14 heavy (non-hydrogen) atoms. The lowest BCUT2D eigenvalue weighted by Gasteiger charge is -2.15. The summed E-state index contributed by atoms with van der Waals surface area (Å²) in [5.74, 6) is -0.0146. The zero-order valence-corrected chi connectivity index (χ0v) is 8.88. The Kier molecular flexibility index (Phi) is 4.07. The van der Waals surface area contributed by atoms with E-state index in [0.717, 1.165) is 12.8 Å². The third-order valence-corrected chi connectivity index (χ3v) is 2.67. The number of amides is 2. The van der Waals surface area contributed by atoms with Gasteiger partial charge in [-0.25, -0.2) is 0 Å². The van der Waals surface area contributed by atoms with Crippen LogP contribution in [0.3, 0.4) is 0 Å². The minimum absolute atomic E-state index is 0.00730. The van der Waals surface area contributed by atoms with Crippen molar-refractivity contribution in [2.75, 3.05) is 13.6 Å². The second-order valence-corrected chi connectivity index (χ2v) is 3.77. The van der Waals surface area contributed by atoms with Crippen molar-refractivity contribution < 1.29 is 9.59 Å². The van der Waals surface area contributed by atoms with Crippen LogP contribution in [-0.2, 0) is 9.59 Å². The van der Waals surface area contributed by atoms with Gasteiger partial charge in [0.25, 0.3) is 0 Å². The predicted molar refractivity (Wildman–Crippen MR) is 53.7 cm³/mol. The lowest BCUT2D eigenvalue weighted by atomic mass is 10.2. The van der Waals surface area contributed by atoms with Crippen molar-refractivity contribution >= 4 is 11.8 Å². The van der Waals surface area contributed by atoms with Gasteiger partial charge in [0.1, 0.15) is 0 Å². The molecular formula is C10H18N2O2. The van der Waals surface area contributed by atoms with E-state index in [1.807, 2.05) is 7.05 Å². The first-order valence-electron chi connectivity index (χ1n) is 5.15. The topological polar surface area (TPSA) is 49.4 Å². The van der Waals surface area contributed by atoms with Crippen molar-refractivity contribution in [1.29, 1.82) is 0 Å². The molecule has 80 valence electrons. The van der Waals surface area contributed by atoms with Gasteiger partial charge in [-0.05, 0) is 26.8 Å². The molecule has 2 amide bonds. The molecule has 0 bridgehead atoms. The number of rotatable bonds is 5. The molecule has 1 N–H and O–H groups in total. The molecule has 1 aliphatic heterocycles. The standard InChI is InChI=1S/C10H18N2O2/c1-8(11-2)4-3-7-12-9(13)5-6-10(12)14/h8,11H,3-7H2,1-2H3. The highest BCUT2D eigenvalue weighted by Gasteiger charge is 2.27. The molecule has 0 spiro atoms. The summed E-state index contributed by atoms with van der Waals surface area (Å²) in [5.41, 5.74) is 0. The highest BCUT2D eigenvalue weighted by Crippen LogP contribution is 2.12. The summed E-state index contributed by atoms with van der Waals surface area (Å²) in [6, 6.07) is 0.447. The lowest BCUT2D eigenvalue weighted by Crippen LogP contribution is -2.31. The van der Waals surface area contributed by atoms with Crippen LogP contribution in [0.4, 0.5) is 0 Å². The summed E-state index contributed by atoms with van der Waals surface area (Å²) in [6.45, 7) is 2.68. The largest absolute Gasteiger partial charge is 0.317 e. The molecule has 0 aromatic heterocycles. The third kappa shape index (κ3) is 2.80. The van der Waals surface area contributed by atoms with Crippen molar-refractivity contribution in [3.05, 3.63) is 0 Å². The molecule has 0 aliphatic carbocycles. The van der Waals surface area contributed by atoms with Crippen LogP contribution in [0, 0.1) is 0 Å². The van der Waals surface area contributed by atoms with E-state index in [0.29, 0.717) is 25.4 Å². The highest BCUT2D eigenvalue weighted by molar-refractivity contribution is 6.01. The molecule has 1 saturated heterocycles. The molecule has 1 aliphatic rings.